The van der Waals surface area contributed by atoms with Crippen molar-refractivity contribution < 1.29 is 0 Å². The number of aryl methyl sites for hydroxylation is 1. The van der Waals surface area contributed by atoms with E-state index in [2.05, 4.69) is 16.0 Å². The van der Waals surface area contributed by atoms with Gasteiger partial charge in [0.05, 0.1) is 6.07 Å². The van der Waals surface area contributed by atoms with Gasteiger partial charge in [-0.2, -0.15) is 5.26 Å². The highest BCUT2D eigenvalue weighted by molar-refractivity contribution is 5.31. The van der Waals surface area contributed by atoms with E-state index in [0.29, 0.717) is 0 Å². The van der Waals surface area contributed by atoms with Crippen LogP contribution in [0.3, 0.4) is 0 Å². The molecule has 0 radical (unpaired) electrons. The molecule has 0 unspecified atom stereocenters. The average Bonchev–Trinajstić information content (AvgIpc) is 2.65. The summed E-state index contributed by atoms with van der Waals surface area (Å²) in [6.07, 6.45) is 5.68. The highest BCUT2D eigenvalue weighted by Crippen LogP contribution is 2.20. The Morgan fingerprint density at radius 3 is 2.71 bits per heavy atom. The fourth-order valence-corrected chi connectivity index (χ4v) is 1.87. The van der Waals surface area contributed by atoms with Gasteiger partial charge in [0.25, 0.3) is 0 Å². The number of hydrogen-bond donors (Lipinski definition) is 0. The van der Waals surface area contributed by atoms with Crippen LogP contribution in [0.15, 0.2) is 12.4 Å². The molecule has 1 aromatic heterocycles. The van der Waals surface area contributed by atoms with E-state index in [1.165, 1.54) is 0 Å². The van der Waals surface area contributed by atoms with Gasteiger partial charge in [0.15, 0.2) is 0 Å². The monoisotopic (exact) mass is 190 g/mol. The van der Waals surface area contributed by atoms with E-state index < -0.39 is 0 Å². The van der Waals surface area contributed by atoms with Gasteiger partial charge < -0.3 is 9.47 Å². The van der Waals surface area contributed by atoms with Crippen molar-refractivity contribution in [1.82, 2.24) is 9.55 Å². The first-order valence-corrected chi connectivity index (χ1v) is 4.93. The van der Waals surface area contributed by atoms with E-state index >= 15 is 0 Å². The molecule has 0 N–H and O–H groups in total. The first kappa shape index (κ1) is 9.07. The normalized spacial score (nSPS) is 18.1. The van der Waals surface area contributed by atoms with Crippen molar-refractivity contribution in [2.45, 2.75) is 12.8 Å². The lowest BCUT2D eigenvalue weighted by atomic mass is 9.99. The van der Waals surface area contributed by atoms with Gasteiger partial charge in [-0.05, 0) is 12.8 Å². The topological polar surface area (TPSA) is 44.9 Å². The Morgan fingerprint density at radius 2 is 2.21 bits per heavy atom. The zero-order valence-electron chi connectivity index (χ0n) is 8.35. The number of anilines is 1. The maximum atomic E-state index is 8.77. The van der Waals surface area contributed by atoms with Crippen LogP contribution in [0.25, 0.3) is 0 Å². The van der Waals surface area contributed by atoms with E-state index in [-0.39, 0.29) is 5.92 Å². The number of nitriles is 1. The maximum Gasteiger partial charge on any atom is 0.205 e. The van der Waals surface area contributed by atoms with Crippen LogP contribution in [0.2, 0.25) is 0 Å². The second-order valence-corrected chi connectivity index (χ2v) is 3.73. The summed E-state index contributed by atoms with van der Waals surface area (Å²) in [6, 6.07) is 2.33. The molecule has 1 aliphatic rings. The van der Waals surface area contributed by atoms with Gasteiger partial charge in [-0.15, -0.1) is 0 Å². The molecule has 0 atom stereocenters. The van der Waals surface area contributed by atoms with Crippen LogP contribution < -0.4 is 4.90 Å². The second-order valence-electron chi connectivity index (χ2n) is 3.73. The van der Waals surface area contributed by atoms with Crippen molar-refractivity contribution in [3.8, 4) is 6.07 Å². The number of imidazole rings is 1. The molecule has 1 fully saturated rings. The van der Waals surface area contributed by atoms with Gasteiger partial charge in [-0.25, -0.2) is 4.98 Å². The molecule has 1 saturated heterocycles. The molecule has 14 heavy (non-hydrogen) atoms. The van der Waals surface area contributed by atoms with Crippen molar-refractivity contribution in [1.29, 1.82) is 5.26 Å². The van der Waals surface area contributed by atoms with E-state index in [0.717, 1.165) is 31.9 Å². The molecule has 74 valence electrons. The minimum absolute atomic E-state index is 0.242. The number of hydrogen-bond acceptors (Lipinski definition) is 3. The largest absolute Gasteiger partial charge is 0.342 e. The third-order valence-electron chi connectivity index (χ3n) is 2.76. The van der Waals surface area contributed by atoms with E-state index in [1.807, 2.05) is 24.0 Å². The van der Waals surface area contributed by atoms with Gasteiger partial charge in [-0.3, -0.25) is 0 Å². The van der Waals surface area contributed by atoms with Gasteiger partial charge in [0.1, 0.15) is 0 Å². The van der Waals surface area contributed by atoms with Gasteiger partial charge in [0.2, 0.25) is 5.95 Å². The lowest BCUT2D eigenvalue weighted by Crippen LogP contribution is -2.34. The quantitative estimate of drug-likeness (QED) is 0.667. The van der Waals surface area contributed by atoms with Crippen LogP contribution in [0.1, 0.15) is 12.8 Å². The summed E-state index contributed by atoms with van der Waals surface area (Å²) < 4.78 is 2.02. The van der Waals surface area contributed by atoms with Crippen LogP contribution >= 0.6 is 0 Å². The molecule has 0 spiro atoms. The number of aromatic nitrogens is 2. The zero-order valence-corrected chi connectivity index (χ0v) is 8.35. The molecule has 0 bridgehead atoms. The smallest absolute Gasteiger partial charge is 0.205 e. The molecule has 0 aromatic carbocycles. The Hall–Kier alpha value is -1.50. The summed E-state index contributed by atoms with van der Waals surface area (Å²) in [5.74, 6) is 1.26. The van der Waals surface area contributed by atoms with Gasteiger partial charge in [0, 0.05) is 38.4 Å². The molecule has 2 rings (SSSR count). The molecule has 1 aromatic rings. The summed E-state index contributed by atoms with van der Waals surface area (Å²) in [5, 5.41) is 8.77. The van der Waals surface area contributed by atoms with Crippen LogP contribution in [0, 0.1) is 17.2 Å². The Kier molecular flexibility index (Phi) is 2.40. The molecule has 4 heteroatoms. The molecule has 0 saturated carbocycles. The summed E-state index contributed by atoms with van der Waals surface area (Å²) in [6.45, 7) is 1.90. The summed E-state index contributed by atoms with van der Waals surface area (Å²) in [4.78, 5) is 6.54. The van der Waals surface area contributed by atoms with E-state index in [9.17, 15) is 0 Å². The van der Waals surface area contributed by atoms with Gasteiger partial charge >= 0.3 is 0 Å². The summed E-state index contributed by atoms with van der Waals surface area (Å²) in [7, 11) is 2.00. The first-order chi connectivity index (χ1) is 6.81. The van der Waals surface area contributed by atoms with Crippen molar-refractivity contribution >= 4 is 5.95 Å². The third kappa shape index (κ3) is 1.58. The molecule has 0 aliphatic carbocycles. The Labute approximate surface area is 83.8 Å². The lowest BCUT2D eigenvalue weighted by Gasteiger charge is -2.29. The highest BCUT2D eigenvalue weighted by atomic mass is 15.3. The zero-order chi connectivity index (χ0) is 9.97. The number of piperidine rings is 1. The molecule has 2 heterocycles. The molecule has 4 nitrogen and oxygen atoms in total. The molecular weight excluding hydrogens is 176 g/mol. The Balaban J connectivity index is 2.03. The number of nitrogens with zero attached hydrogens (tertiary/aromatic N) is 4. The fraction of sp³-hybridized carbons (Fsp3) is 0.600. The van der Waals surface area contributed by atoms with Crippen LogP contribution in [0.5, 0.6) is 0 Å². The van der Waals surface area contributed by atoms with E-state index in [1.54, 1.807) is 0 Å². The molecular formula is C10H14N4. The fourth-order valence-electron chi connectivity index (χ4n) is 1.87. The molecule has 0 amide bonds. The minimum atomic E-state index is 0.242. The number of rotatable bonds is 1. The van der Waals surface area contributed by atoms with E-state index in [4.69, 9.17) is 5.26 Å². The van der Waals surface area contributed by atoms with Crippen LogP contribution in [-0.2, 0) is 7.05 Å². The average molecular weight is 190 g/mol. The third-order valence-corrected chi connectivity index (χ3v) is 2.76. The standard InChI is InChI=1S/C10H14N4/c1-13-7-4-12-10(13)14-5-2-9(8-11)3-6-14/h4,7,9H,2-3,5-6H2,1H3. The van der Waals surface area contributed by atoms with Crippen molar-refractivity contribution in [3.63, 3.8) is 0 Å². The molecule has 1 aliphatic heterocycles. The Bertz CT molecular complexity index is 341. The second kappa shape index (κ2) is 3.70. The van der Waals surface area contributed by atoms with Crippen LogP contribution in [-0.4, -0.2) is 22.6 Å². The minimum Gasteiger partial charge on any atom is -0.342 e. The summed E-state index contributed by atoms with van der Waals surface area (Å²) in [5.41, 5.74) is 0. The maximum absolute atomic E-state index is 8.77. The lowest BCUT2D eigenvalue weighted by molar-refractivity contribution is 0.479. The van der Waals surface area contributed by atoms with Crippen molar-refractivity contribution in [2.75, 3.05) is 18.0 Å². The highest BCUT2D eigenvalue weighted by Gasteiger charge is 2.20. The van der Waals surface area contributed by atoms with Crippen LogP contribution in [0.4, 0.5) is 5.95 Å². The van der Waals surface area contributed by atoms with Crippen molar-refractivity contribution in [3.05, 3.63) is 12.4 Å². The predicted molar refractivity (Wildman–Crippen MR) is 53.8 cm³/mol. The Morgan fingerprint density at radius 1 is 1.50 bits per heavy atom. The van der Waals surface area contributed by atoms with Crippen molar-refractivity contribution in [2.24, 2.45) is 13.0 Å². The predicted octanol–water partition coefficient (Wildman–Crippen LogP) is 1.16. The summed E-state index contributed by atoms with van der Waals surface area (Å²) >= 11 is 0. The SMILES string of the molecule is Cn1ccnc1N1CCC(C#N)CC1. The van der Waals surface area contributed by atoms with Gasteiger partial charge in [-0.1, -0.05) is 0 Å². The first-order valence-electron chi connectivity index (χ1n) is 4.93.